The summed E-state index contributed by atoms with van der Waals surface area (Å²) in [4.78, 5) is 16.6. The maximum Gasteiger partial charge on any atom is 0.290 e. The van der Waals surface area contributed by atoms with Gasteiger partial charge in [-0.05, 0) is 49.4 Å². The average Bonchev–Trinajstić information content (AvgIpc) is 3.27. The van der Waals surface area contributed by atoms with E-state index in [2.05, 4.69) is 20.5 Å². The second kappa shape index (κ2) is 6.40. The summed E-state index contributed by atoms with van der Waals surface area (Å²) < 4.78 is 20.2. The smallest absolute Gasteiger partial charge is 0.290 e. The van der Waals surface area contributed by atoms with Crippen molar-refractivity contribution < 1.29 is 13.6 Å². The summed E-state index contributed by atoms with van der Waals surface area (Å²) in [6, 6.07) is 11.3. The van der Waals surface area contributed by atoms with Crippen molar-refractivity contribution in [2.45, 2.75) is 13.5 Å². The van der Waals surface area contributed by atoms with Gasteiger partial charge in [-0.1, -0.05) is 0 Å². The summed E-state index contributed by atoms with van der Waals surface area (Å²) in [7, 11) is 0. The molecule has 0 radical (unpaired) electrons. The topological polar surface area (TPSA) is 85.3 Å². The van der Waals surface area contributed by atoms with E-state index in [4.69, 9.17) is 4.42 Å². The number of carbonyl (C=O) groups excluding carboxylic acids is 1. The third-order valence-electron chi connectivity index (χ3n) is 3.84. The Balaban J connectivity index is 1.47. The molecular formula is C18H14FN5O2. The van der Waals surface area contributed by atoms with Gasteiger partial charge < -0.3 is 9.73 Å². The van der Waals surface area contributed by atoms with Crippen LogP contribution < -0.4 is 5.32 Å². The molecule has 3 aromatic heterocycles. The van der Waals surface area contributed by atoms with Crippen LogP contribution in [0.2, 0.25) is 0 Å². The van der Waals surface area contributed by atoms with Crippen molar-refractivity contribution in [3.8, 4) is 11.3 Å². The fourth-order valence-corrected chi connectivity index (χ4v) is 2.52. The summed E-state index contributed by atoms with van der Waals surface area (Å²) in [6.07, 6.45) is 1.70. The number of fused-ring (bicyclic) bond motifs is 1. The fourth-order valence-electron chi connectivity index (χ4n) is 2.52. The molecule has 7 nitrogen and oxygen atoms in total. The molecule has 0 fully saturated rings. The third kappa shape index (κ3) is 3.04. The molecular weight excluding hydrogens is 337 g/mol. The molecule has 3 heterocycles. The molecule has 4 aromatic rings. The van der Waals surface area contributed by atoms with Gasteiger partial charge in [0.1, 0.15) is 17.3 Å². The molecule has 130 valence electrons. The van der Waals surface area contributed by atoms with E-state index in [1.54, 1.807) is 36.5 Å². The van der Waals surface area contributed by atoms with Crippen molar-refractivity contribution in [2.75, 3.05) is 0 Å². The molecule has 0 atom stereocenters. The van der Waals surface area contributed by atoms with E-state index in [9.17, 15) is 9.18 Å². The molecule has 1 amide bonds. The maximum absolute atomic E-state index is 13.0. The van der Waals surface area contributed by atoms with Crippen LogP contribution in [0.1, 0.15) is 22.1 Å². The van der Waals surface area contributed by atoms with Crippen molar-refractivity contribution in [3.05, 3.63) is 71.8 Å². The number of carbonyl (C=O) groups is 1. The van der Waals surface area contributed by atoms with Crippen LogP contribution >= 0.6 is 0 Å². The minimum atomic E-state index is -0.386. The number of hydrogen-bond donors (Lipinski definition) is 1. The standard InChI is InChI=1S/C18H14FN5O2/c1-11-8-9-24-16(22-23-18(24)21-11)17(25)20-10-14-6-7-15(26-14)12-2-4-13(19)5-3-12/h2-9H,10H2,1H3,(H,20,25). The summed E-state index contributed by atoms with van der Waals surface area (Å²) in [5.41, 5.74) is 1.55. The molecule has 1 N–H and O–H groups in total. The minimum absolute atomic E-state index is 0.151. The van der Waals surface area contributed by atoms with Crippen LogP contribution in [-0.2, 0) is 6.54 Å². The summed E-state index contributed by atoms with van der Waals surface area (Å²) >= 11 is 0. The molecule has 26 heavy (non-hydrogen) atoms. The Morgan fingerprint density at radius 1 is 1.15 bits per heavy atom. The van der Waals surface area contributed by atoms with E-state index < -0.39 is 0 Å². The monoisotopic (exact) mass is 351 g/mol. The second-order valence-electron chi connectivity index (χ2n) is 5.72. The lowest BCUT2D eigenvalue weighted by Crippen LogP contribution is -2.24. The number of amides is 1. The number of hydrogen-bond acceptors (Lipinski definition) is 5. The predicted octanol–water partition coefficient (Wildman–Crippen LogP) is 2.76. The van der Waals surface area contributed by atoms with Gasteiger partial charge in [0.2, 0.25) is 5.82 Å². The zero-order valence-electron chi connectivity index (χ0n) is 13.8. The Bertz CT molecular complexity index is 1080. The number of nitrogens with one attached hydrogen (secondary N) is 1. The third-order valence-corrected chi connectivity index (χ3v) is 3.84. The van der Waals surface area contributed by atoms with Gasteiger partial charge in [-0.15, -0.1) is 10.2 Å². The molecule has 0 bridgehead atoms. The molecule has 0 unspecified atom stereocenters. The quantitative estimate of drug-likeness (QED) is 0.611. The Hall–Kier alpha value is -3.55. The van der Waals surface area contributed by atoms with E-state index in [0.717, 1.165) is 11.3 Å². The lowest BCUT2D eigenvalue weighted by Gasteiger charge is -2.02. The first-order valence-electron chi connectivity index (χ1n) is 7.91. The van der Waals surface area contributed by atoms with Crippen LogP contribution in [0.4, 0.5) is 4.39 Å². The number of aromatic nitrogens is 4. The highest BCUT2D eigenvalue weighted by Crippen LogP contribution is 2.22. The molecule has 4 rings (SSSR count). The summed E-state index contributed by atoms with van der Waals surface area (Å²) in [6.45, 7) is 2.03. The molecule has 0 aliphatic carbocycles. The second-order valence-corrected chi connectivity index (χ2v) is 5.72. The number of aryl methyl sites for hydroxylation is 1. The Kier molecular flexibility index (Phi) is 3.92. The maximum atomic E-state index is 13.0. The Morgan fingerprint density at radius 3 is 2.77 bits per heavy atom. The molecule has 0 saturated carbocycles. The first kappa shape index (κ1) is 15.9. The predicted molar refractivity (Wildman–Crippen MR) is 90.8 cm³/mol. The van der Waals surface area contributed by atoms with Crippen molar-refractivity contribution in [2.24, 2.45) is 0 Å². The van der Waals surface area contributed by atoms with E-state index in [1.165, 1.54) is 16.5 Å². The number of halogens is 1. The molecule has 8 heteroatoms. The molecule has 0 aliphatic heterocycles. The van der Waals surface area contributed by atoms with Crippen molar-refractivity contribution in [1.82, 2.24) is 24.9 Å². The van der Waals surface area contributed by atoms with Gasteiger partial charge in [-0.3, -0.25) is 9.20 Å². The average molecular weight is 351 g/mol. The van der Waals surface area contributed by atoms with Crippen LogP contribution in [0, 0.1) is 12.7 Å². The van der Waals surface area contributed by atoms with Gasteiger partial charge >= 0.3 is 0 Å². The summed E-state index contributed by atoms with van der Waals surface area (Å²) in [5, 5.41) is 10.5. The zero-order valence-corrected chi connectivity index (χ0v) is 13.8. The highest BCUT2D eigenvalue weighted by molar-refractivity contribution is 5.91. The number of rotatable bonds is 4. The highest BCUT2D eigenvalue weighted by atomic mass is 19.1. The minimum Gasteiger partial charge on any atom is -0.459 e. The molecule has 0 spiro atoms. The van der Waals surface area contributed by atoms with E-state index in [0.29, 0.717) is 17.3 Å². The van der Waals surface area contributed by atoms with Gasteiger partial charge in [0.15, 0.2) is 0 Å². The number of nitrogens with zero attached hydrogens (tertiary/aromatic N) is 4. The first-order valence-corrected chi connectivity index (χ1v) is 7.91. The summed E-state index contributed by atoms with van der Waals surface area (Å²) in [5.74, 6) is 0.993. The number of furan rings is 1. The van der Waals surface area contributed by atoms with Gasteiger partial charge in [-0.2, -0.15) is 0 Å². The molecule has 0 aliphatic rings. The van der Waals surface area contributed by atoms with E-state index in [-0.39, 0.29) is 24.1 Å². The Labute approximate surface area is 147 Å². The number of benzene rings is 1. The largest absolute Gasteiger partial charge is 0.459 e. The van der Waals surface area contributed by atoms with E-state index >= 15 is 0 Å². The van der Waals surface area contributed by atoms with Crippen LogP contribution in [0.25, 0.3) is 17.1 Å². The van der Waals surface area contributed by atoms with Crippen molar-refractivity contribution in [1.29, 1.82) is 0 Å². The lowest BCUT2D eigenvalue weighted by molar-refractivity contribution is 0.0936. The molecule has 0 saturated heterocycles. The zero-order chi connectivity index (χ0) is 18.1. The normalized spacial score (nSPS) is 11.0. The highest BCUT2D eigenvalue weighted by Gasteiger charge is 2.15. The van der Waals surface area contributed by atoms with Gasteiger partial charge in [0, 0.05) is 17.5 Å². The fraction of sp³-hybridized carbons (Fsp3) is 0.111. The van der Waals surface area contributed by atoms with Crippen molar-refractivity contribution in [3.63, 3.8) is 0 Å². The lowest BCUT2D eigenvalue weighted by atomic mass is 10.2. The van der Waals surface area contributed by atoms with Crippen molar-refractivity contribution >= 4 is 11.7 Å². The Morgan fingerprint density at radius 2 is 1.96 bits per heavy atom. The first-order chi connectivity index (χ1) is 12.6. The van der Waals surface area contributed by atoms with Crippen LogP contribution in [-0.4, -0.2) is 25.5 Å². The SMILES string of the molecule is Cc1ccn2c(C(=O)NCc3ccc(-c4ccc(F)cc4)o3)nnc2n1. The van der Waals surface area contributed by atoms with Crippen LogP contribution in [0.15, 0.2) is 53.1 Å². The van der Waals surface area contributed by atoms with E-state index in [1.807, 2.05) is 6.92 Å². The van der Waals surface area contributed by atoms with Crippen LogP contribution in [0.5, 0.6) is 0 Å². The van der Waals surface area contributed by atoms with Gasteiger partial charge in [0.25, 0.3) is 11.7 Å². The van der Waals surface area contributed by atoms with Gasteiger partial charge in [0.05, 0.1) is 6.54 Å². The van der Waals surface area contributed by atoms with Crippen LogP contribution in [0.3, 0.4) is 0 Å². The molecule has 1 aromatic carbocycles. The van der Waals surface area contributed by atoms with Gasteiger partial charge in [-0.25, -0.2) is 9.37 Å².